The molecule has 2 heteroatoms. The zero-order valence-corrected chi connectivity index (χ0v) is 9.78. The van der Waals surface area contributed by atoms with Crippen LogP contribution >= 0.6 is 0 Å². The van der Waals surface area contributed by atoms with Crippen LogP contribution < -0.4 is 5.32 Å². The van der Waals surface area contributed by atoms with Gasteiger partial charge in [0.2, 0.25) is 0 Å². The molecule has 1 aromatic rings. The largest absolute Gasteiger partial charge is 0.362 e. The number of benzene rings is 1. The Labute approximate surface area is 98.0 Å². The molecule has 1 heterocycles. The number of hydrogen-bond acceptors (Lipinski definition) is 2. The summed E-state index contributed by atoms with van der Waals surface area (Å²) in [5, 5.41) is 3.09. The third-order valence-electron chi connectivity index (χ3n) is 3.14. The third-order valence-corrected chi connectivity index (χ3v) is 3.14. The molecule has 1 fully saturated rings. The highest BCUT2D eigenvalue weighted by atomic mass is 15.1. The zero-order valence-electron chi connectivity index (χ0n) is 9.78. The van der Waals surface area contributed by atoms with E-state index in [1.54, 1.807) is 6.20 Å². The van der Waals surface area contributed by atoms with Crippen molar-refractivity contribution in [2.45, 2.75) is 19.3 Å². The van der Waals surface area contributed by atoms with Gasteiger partial charge in [-0.05, 0) is 56.2 Å². The summed E-state index contributed by atoms with van der Waals surface area (Å²) in [6, 6.07) is 8.62. The van der Waals surface area contributed by atoms with Gasteiger partial charge >= 0.3 is 0 Å². The van der Waals surface area contributed by atoms with E-state index in [0.717, 1.165) is 12.1 Å². The van der Waals surface area contributed by atoms with Crippen LogP contribution in [-0.2, 0) is 6.42 Å². The number of rotatable bonds is 5. The van der Waals surface area contributed by atoms with Crippen LogP contribution in [0, 0.1) is 0 Å². The van der Waals surface area contributed by atoms with Crippen molar-refractivity contribution in [3.63, 3.8) is 0 Å². The van der Waals surface area contributed by atoms with Gasteiger partial charge in [-0.3, -0.25) is 0 Å². The average Bonchev–Trinajstić information content (AvgIpc) is 2.82. The molecule has 0 radical (unpaired) electrons. The molecule has 16 heavy (non-hydrogen) atoms. The predicted octanol–water partition coefficient (Wildman–Crippen LogP) is 2.88. The van der Waals surface area contributed by atoms with Crippen molar-refractivity contribution in [1.29, 1.82) is 0 Å². The lowest BCUT2D eigenvalue weighted by Crippen LogP contribution is -2.21. The fraction of sp³-hybridized carbons (Fsp3) is 0.429. The van der Waals surface area contributed by atoms with Gasteiger partial charge in [0.1, 0.15) is 0 Å². The van der Waals surface area contributed by atoms with Gasteiger partial charge < -0.3 is 10.2 Å². The Balaban J connectivity index is 1.82. The Hall–Kier alpha value is -1.28. The van der Waals surface area contributed by atoms with Crippen LogP contribution in [0.1, 0.15) is 18.4 Å². The van der Waals surface area contributed by atoms with Crippen molar-refractivity contribution in [2.24, 2.45) is 0 Å². The standard InChI is InChI=1S/C14H20N2/c1-2-15-14-7-5-13(6-8-14)9-12-16-10-3-4-11-16/h2,5-8,15H,1,3-4,9-12H2. The first-order valence-corrected chi connectivity index (χ1v) is 6.07. The Morgan fingerprint density at radius 2 is 1.88 bits per heavy atom. The number of likely N-dealkylation sites (tertiary alicyclic amines) is 1. The molecular weight excluding hydrogens is 196 g/mol. The minimum atomic E-state index is 1.11. The maximum Gasteiger partial charge on any atom is 0.0379 e. The highest BCUT2D eigenvalue weighted by molar-refractivity contribution is 5.46. The molecule has 1 aromatic carbocycles. The number of hydrogen-bond donors (Lipinski definition) is 1. The molecule has 0 atom stereocenters. The first-order chi connectivity index (χ1) is 7.88. The van der Waals surface area contributed by atoms with Gasteiger partial charge in [0.05, 0.1) is 0 Å². The van der Waals surface area contributed by atoms with Gasteiger partial charge in [-0.25, -0.2) is 0 Å². The number of nitrogens with zero attached hydrogens (tertiary/aromatic N) is 1. The third kappa shape index (κ3) is 3.11. The van der Waals surface area contributed by atoms with Gasteiger partial charge in [0, 0.05) is 12.2 Å². The Morgan fingerprint density at radius 3 is 2.50 bits per heavy atom. The molecule has 86 valence electrons. The summed E-state index contributed by atoms with van der Waals surface area (Å²) in [6.45, 7) is 7.43. The van der Waals surface area contributed by atoms with Crippen molar-refractivity contribution in [3.05, 3.63) is 42.6 Å². The van der Waals surface area contributed by atoms with Crippen molar-refractivity contribution >= 4 is 5.69 Å². The lowest BCUT2D eigenvalue weighted by Gasteiger charge is -2.14. The normalized spacial score (nSPS) is 16.2. The minimum absolute atomic E-state index is 1.11. The highest BCUT2D eigenvalue weighted by Crippen LogP contribution is 2.12. The van der Waals surface area contributed by atoms with Crippen molar-refractivity contribution in [2.75, 3.05) is 25.0 Å². The van der Waals surface area contributed by atoms with E-state index in [4.69, 9.17) is 0 Å². The van der Waals surface area contributed by atoms with E-state index in [1.165, 1.54) is 38.0 Å². The van der Waals surface area contributed by atoms with Gasteiger partial charge in [-0.15, -0.1) is 0 Å². The van der Waals surface area contributed by atoms with Crippen LogP contribution in [0.3, 0.4) is 0 Å². The van der Waals surface area contributed by atoms with E-state index in [2.05, 4.69) is 41.1 Å². The fourth-order valence-electron chi connectivity index (χ4n) is 2.18. The summed E-state index contributed by atoms with van der Waals surface area (Å²) in [5.41, 5.74) is 2.53. The smallest absolute Gasteiger partial charge is 0.0379 e. The lowest BCUT2D eigenvalue weighted by molar-refractivity contribution is 0.343. The maximum absolute atomic E-state index is 3.65. The van der Waals surface area contributed by atoms with Gasteiger partial charge in [-0.1, -0.05) is 18.7 Å². The van der Waals surface area contributed by atoms with E-state index in [-0.39, 0.29) is 0 Å². The Morgan fingerprint density at radius 1 is 1.19 bits per heavy atom. The van der Waals surface area contributed by atoms with Crippen molar-refractivity contribution < 1.29 is 0 Å². The molecule has 0 bridgehead atoms. The van der Waals surface area contributed by atoms with Gasteiger partial charge in [-0.2, -0.15) is 0 Å². The maximum atomic E-state index is 3.65. The van der Waals surface area contributed by atoms with Crippen LogP contribution in [0.25, 0.3) is 0 Å². The molecule has 0 unspecified atom stereocenters. The van der Waals surface area contributed by atoms with Gasteiger partial charge in [0.15, 0.2) is 0 Å². The number of nitrogens with one attached hydrogen (secondary N) is 1. The van der Waals surface area contributed by atoms with Crippen LogP contribution in [0.2, 0.25) is 0 Å². The summed E-state index contributed by atoms with van der Waals surface area (Å²) in [5.74, 6) is 0. The van der Waals surface area contributed by atoms with E-state index >= 15 is 0 Å². The summed E-state index contributed by atoms with van der Waals surface area (Å²) < 4.78 is 0. The SMILES string of the molecule is C=CNc1ccc(CCN2CCCC2)cc1. The van der Waals surface area contributed by atoms with Crippen LogP contribution in [0.15, 0.2) is 37.0 Å². The molecule has 1 aliphatic heterocycles. The van der Waals surface area contributed by atoms with E-state index in [0.29, 0.717) is 0 Å². The van der Waals surface area contributed by atoms with Crippen LogP contribution in [0.4, 0.5) is 5.69 Å². The summed E-state index contributed by atoms with van der Waals surface area (Å²) in [6.07, 6.45) is 5.62. The molecule has 1 aliphatic rings. The predicted molar refractivity (Wildman–Crippen MR) is 69.6 cm³/mol. The van der Waals surface area contributed by atoms with Crippen LogP contribution in [0.5, 0.6) is 0 Å². The van der Waals surface area contributed by atoms with Crippen LogP contribution in [-0.4, -0.2) is 24.5 Å². The van der Waals surface area contributed by atoms with Crippen molar-refractivity contribution in [3.8, 4) is 0 Å². The summed E-state index contributed by atoms with van der Waals surface area (Å²) >= 11 is 0. The summed E-state index contributed by atoms with van der Waals surface area (Å²) in [7, 11) is 0. The molecule has 0 saturated carbocycles. The fourth-order valence-corrected chi connectivity index (χ4v) is 2.18. The average molecular weight is 216 g/mol. The zero-order chi connectivity index (χ0) is 11.2. The molecule has 2 rings (SSSR count). The first-order valence-electron chi connectivity index (χ1n) is 6.07. The molecular formula is C14H20N2. The lowest BCUT2D eigenvalue weighted by atomic mass is 10.1. The monoisotopic (exact) mass is 216 g/mol. The minimum Gasteiger partial charge on any atom is -0.362 e. The highest BCUT2D eigenvalue weighted by Gasteiger charge is 2.10. The van der Waals surface area contributed by atoms with Gasteiger partial charge in [0.25, 0.3) is 0 Å². The molecule has 1 saturated heterocycles. The number of anilines is 1. The van der Waals surface area contributed by atoms with Crippen molar-refractivity contribution in [1.82, 2.24) is 4.90 Å². The summed E-state index contributed by atoms with van der Waals surface area (Å²) in [4.78, 5) is 2.55. The first kappa shape index (κ1) is 11.2. The topological polar surface area (TPSA) is 15.3 Å². The molecule has 0 aliphatic carbocycles. The molecule has 0 spiro atoms. The van der Waals surface area contributed by atoms with E-state index < -0.39 is 0 Å². The molecule has 1 N–H and O–H groups in total. The second kappa shape index (κ2) is 5.71. The quantitative estimate of drug-likeness (QED) is 0.814. The second-order valence-electron chi connectivity index (χ2n) is 4.34. The molecule has 2 nitrogen and oxygen atoms in total. The molecule has 0 aromatic heterocycles. The van der Waals surface area contributed by atoms with E-state index in [1.807, 2.05) is 0 Å². The Kier molecular flexibility index (Phi) is 4.00. The second-order valence-corrected chi connectivity index (χ2v) is 4.34. The molecule has 0 amide bonds. The Bertz CT molecular complexity index is 323. The van der Waals surface area contributed by atoms with E-state index in [9.17, 15) is 0 Å².